The van der Waals surface area contributed by atoms with Crippen molar-refractivity contribution in [3.05, 3.63) is 43.1 Å². The number of hydrogen-bond acceptors (Lipinski definition) is 4. The molecule has 1 fully saturated rings. The van der Waals surface area contributed by atoms with Crippen molar-refractivity contribution in [1.82, 2.24) is 14.9 Å². The number of piperidine rings is 1. The van der Waals surface area contributed by atoms with E-state index in [-0.39, 0.29) is 0 Å². The first kappa shape index (κ1) is 13.1. The molecule has 3 rings (SSSR count). The zero-order valence-corrected chi connectivity index (χ0v) is 11.6. The second-order valence-corrected chi connectivity index (χ2v) is 5.25. The van der Waals surface area contributed by atoms with Crippen molar-refractivity contribution in [2.75, 3.05) is 25.0 Å². The van der Waals surface area contributed by atoms with Crippen LogP contribution in [0.4, 0.5) is 5.82 Å². The van der Waals surface area contributed by atoms with Gasteiger partial charge in [0.2, 0.25) is 0 Å². The molecule has 1 aliphatic rings. The van der Waals surface area contributed by atoms with Crippen LogP contribution in [0, 0.1) is 0 Å². The van der Waals surface area contributed by atoms with Gasteiger partial charge in [-0.2, -0.15) is 0 Å². The number of para-hydroxylation sites is 2. The van der Waals surface area contributed by atoms with E-state index in [1.165, 1.54) is 0 Å². The number of aromatic nitrogens is 2. The standard InChI is InChI=1S/C16H20N4/c1-2-9-20-10-7-13(8-11-20)18-16-12-17-14-5-3-4-6-15(14)19-16/h2-6,12-13H,1,7-11H2,(H,18,19). The van der Waals surface area contributed by atoms with Crippen molar-refractivity contribution in [3.8, 4) is 0 Å². The first-order chi connectivity index (χ1) is 9.85. The van der Waals surface area contributed by atoms with E-state index in [2.05, 4.69) is 26.8 Å². The molecule has 0 radical (unpaired) electrons. The molecule has 2 aromatic rings. The fraction of sp³-hybridized carbons (Fsp3) is 0.375. The maximum Gasteiger partial charge on any atom is 0.145 e. The van der Waals surface area contributed by atoms with Crippen LogP contribution in [0.1, 0.15) is 12.8 Å². The predicted octanol–water partition coefficient (Wildman–Crippen LogP) is 2.69. The molecule has 1 aliphatic heterocycles. The van der Waals surface area contributed by atoms with Crippen molar-refractivity contribution < 1.29 is 0 Å². The summed E-state index contributed by atoms with van der Waals surface area (Å²) in [6.45, 7) is 7.02. The molecule has 1 saturated heterocycles. The van der Waals surface area contributed by atoms with E-state index in [9.17, 15) is 0 Å². The third-order valence-electron chi connectivity index (χ3n) is 3.78. The summed E-state index contributed by atoms with van der Waals surface area (Å²) in [5.74, 6) is 0.880. The predicted molar refractivity (Wildman–Crippen MR) is 82.8 cm³/mol. The van der Waals surface area contributed by atoms with Gasteiger partial charge < -0.3 is 5.32 Å². The SMILES string of the molecule is C=CCN1CCC(Nc2cnc3ccccc3n2)CC1. The lowest BCUT2D eigenvalue weighted by Crippen LogP contribution is -2.39. The lowest BCUT2D eigenvalue weighted by Gasteiger charge is -2.31. The molecular weight excluding hydrogens is 248 g/mol. The van der Waals surface area contributed by atoms with Gasteiger partial charge in [0.1, 0.15) is 5.82 Å². The van der Waals surface area contributed by atoms with Crippen LogP contribution in [0.5, 0.6) is 0 Å². The lowest BCUT2D eigenvalue weighted by atomic mass is 10.1. The van der Waals surface area contributed by atoms with Crippen molar-refractivity contribution in [3.63, 3.8) is 0 Å². The van der Waals surface area contributed by atoms with Crippen LogP contribution in [0.15, 0.2) is 43.1 Å². The zero-order chi connectivity index (χ0) is 13.8. The van der Waals surface area contributed by atoms with Crippen LogP contribution in [-0.2, 0) is 0 Å². The molecule has 0 bridgehead atoms. The zero-order valence-electron chi connectivity index (χ0n) is 11.6. The van der Waals surface area contributed by atoms with Gasteiger partial charge in [0.05, 0.1) is 17.2 Å². The number of anilines is 1. The van der Waals surface area contributed by atoms with Gasteiger partial charge in [0.25, 0.3) is 0 Å². The highest BCUT2D eigenvalue weighted by molar-refractivity contribution is 5.75. The molecule has 0 aliphatic carbocycles. The fourth-order valence-electron chi connectivity index (χ4n) is 2.68. The molecule has 4 heteroatoms. The summed E-state index contributed by atoms with van der Waals surface area (Å²) in [6.07, 6.45) is 6.09. The molecule has 1 aromatic heterocycles. The van der Waals surface area contributed by atoms with Gasteiger partial charge in [-0.15, -0.1) is 6.58 Å². The highest BCUT2D eigenvalue weighted by Gasteiger charge is 2.18. The molecule has 4 nitrogen and oxygen atoms in total. The van der Waals surface area contributed by atoms with E-state index in [4.69, 9.17) is 0 Å². The van der Waals surface area contributed by atoms with Gasteiger partial charge in [-0.1, -0.05) is 18.2 Å². The van der Waals surface area contributed by atoms with Crippen LogP contribution in [0.25, 0.3) is 11.0 Å². The molecular formula is C16H20N4. The average Bonchev–Trinajstić information content (AvgIpc) is 2.49. The molecule has 1 N–H and O–H groups in total. The molecule has 104 valence electrons. The number of hydrogen-bond donors (Lipinski definition) is 1. The first-order valence-corrected chi connectivity index (χ1v) is 7.17. The minimum Gasteiger partial charge on any atom is -0.366 e. The summed E-state index contributed by atoms with van der Waals surface area (Å²) in [5.41, 5.74) is 1.89. The monoisotopic (exact) mass is 268 g/mol. The summed E-state index contributed by atoms with van der Waals surface area (Å²) in [7, 11) is 0. The van der Waals surface area contributed by atoms with Crippen LogP contribution >= 0.6 is 0 Å². The van der Waals surface area contributed by atoms with E-state index < -0.39 is 0 Å². The van der Waals surface area contributed by atoms with Crippen LogP contribution < -0.4 is 5.32 Å². The van der Waals surface area contributed by atoms with Crippen LogP contribution in [0.2, 0.25) is 0 Å². The summed E-state index contributed by atoms with van der Waals surface area (Å²) in [5, 5.41) is 3.51. The largest absolute Gasteiger partial charge is 0.366 e. The quantitative estimate of drug-likeness (QED) is 0.866. The Morgan fingerprint density at radius 3 is 2.75 bits per heavy atom. The molecule has 2 heterocycles. The third kappa shape index (κ3) is 2.96. The number of rotatable bonds is 4. The number of nitrogens with one attached hydrogen (secondary N) is 1. The Morgan fingerprint density at radius 1 is 1.25 bits per heavy atom. The van der Waals surface area contributed by atoms with Gasteiger partial charge in [-0.05, 0) is 25.0 Å². The van der Waals surface area contributed by atoms with Gasteiger partial charge in [0.15, 0.2) is 0 Å². The highest BCUT2D eigenvalue weighted by atomic mass is 15.1. The molecule has 0 atom stereocenters. The van der Waals surface area contributed by atoms with E-state index in [0.717, 1.165) is 49.3 Å². The van der Waals surface area contributed by atoms with E-state index in [0.29, 0.717) is 6.04 Å². The maximum absolute atomic E-state index is 4.62. The molecule has 0 unspecified atom stereocenters. The Kier molecular flexibility index (Phi) is 3.92. The average molecular weight is 268 g/mol. The minimum absolute atomic E-state index is 0.492. The highest BCUT2D eigenvalue weighted by Crippen LogP contribution is 2.16. The van der Waals surface area contributed by atoms with Gasteiger partial charge in [-0.25, -0.2) is 4.98 Å². The van der Waals surface area contributed by atoms with Crippen LogP contribution in [0.3, 0.4) is 0 Å². The topological polar surface area (TPSA) is 41.0 Å². The number of nitrogens with zero attached hydrogens (tertiary/aromatic N) is 3. The molecule has 20 heavy (non-hydrogen) atoms. The first-order valence-electron chi connectivity index (χ1n) is 7.17. The third-order valence-corrected chi connectivity index (χ3v) is 3.78. The minimum atomic E-state index is 0.492. The van der Waals surface area contributed by atoms with Crippen molar-refractivity contribution in [2.24, 2.45) is 0 Å². The molecule has 1 aromatic carbocycles. The smallest absolute Gasteiger partial charge is 0.145 e. The van der Waals surface area contributed by atoms with Crippen molar-refractivity contribution >= 4 is 16.9 Å². The Hall–Kier alpha value is -1.94. The van der Waals surface area contributed by atoms with E-state index in [1.807, 2.05) is 36.5 Å². The molecule has 0 saturated carbocycles. The van der Waals surface area contributed by atoms with Gasteiger partial charge in [0, 0.05) is 25.7 Å². The maximum atomic E-state index is 4.62. The van der Waals surface area contributed by atoms with E-state index in [1.54, 1.807) is 0 Å². The van der Waals surface area contributed by atoms with Crippen molar-refractivity contribution in [2.45, 2.75) is 18.9 Å². The second-order valence-electron chi connectivity index (χ2n) is 5.25. The molecule has 0 amide bonds. The summed E-state index contributed by atoms with van der Waals surface area (Å²) in [4.78, 5) is 11.5. The van der Waals surface area contributed by atoms with Crippen molar-refractivity contribution in [1.29, 1.82) is 0 Å². The van der Waals surface area contributed by atoms with Crippen LogP contribution in [-0.4, -0.2) is 40.5 Å². The van der Waals surface area contributed by atoms with Gasteiger partial charge in [-0.3, -0.25) is 9.88 Å². The summed E-state index contributed by atoms with van der Waals surface area (Å²) >= 11 is 0. The summed E-state index contributed by atoms with van der Waals surface area (Å²) < 4.78 is 0. The van der Waals surface area contributed by atoms with E-state index >= 15 is 0 Å². The Bertz CT molecular complexity index is 588. The number of likely N-dealkylation sites (tertiary alicyclic amines) is 1. The normalized spacial score (nSPS) is 17.2. The number of fused-ring (bicyclic) bond motifs is 1. The molecule has 0 spiro atoms. The number of benzene rings is 1. The Balaban J connectivity index is 1.63. The Morgan fingerprint density at radius 2 is 2.00 bits per heavy atom. The lowest BCUT2D eigenvalue weighted by molar-refractivity contribution is 0.240. The summed E-state index contributed by atoms with van der Waals surface area (Å²) in [6, 6.07) is 8.46. The second kappa shape index (κ2) is 6.01. The fourth-order valence-corrected chi connectivity index (χ4v) is 2.68. The Labute approximate surface area is 119 Å². The van der Waals surface area contributed by atoms with Gasteiger partial charge >= 0.3 is 0 Å².